The highest BCUT2D eigenvalue weighted by molar-refractivity contribution is 6.32. The molecule has 1 fully saturated rings. The van der Waals surface area contributed by atoms with Gasteiger partial charge in [0.05, 0.1) is 17.2 Å². The fraction of sp³-hybridized carbons (Fsp3) is 0.368. The Labute approximate surface area is 276 Å². The van der Waals surface area contributed by atoms with Gasteiger partial charge in [0.15, 0.2) is 0 Å². The van der Waals surface area contributed by atoms with Gasteiger partial charge in [0.1, 0.15) is 5.75 Å². The number of alkyl halides is 3. The van der Waals surface area contributed by atoms with Gasteiger partial charge in [-0.1, -0.05) is 96.5 Å². The van der Waals surface area contributed by atoms with Crippen molar-refractivity contribution >= 4 is 11.6 Å². The maximum atomic E-state index is 13.7. The van der Waals surface area contributed by atoms with E-state index in [9.17, 15) is 13.2 Å². The first-order valence-corrected chi connectivity index (χ1v) is 16.4. The molecule has 4 aromatic carbocycles. The number of likely N-dealkylation sites (N-methyl/N-ethyl adjacent to an activating group) is 1. The lowest BCUT2D eigenvalue weighted by atomic mass is 9.90. The molecule has 0 atom stereocenters. The third-order valence-corrected chi connectivity index (χ3v) is 9.17. The average Bonchev–Trinajstić information content (AvgIpc) is 3.06. The van der Waals surface area contributed by atoms with Crippen LogP contribution in [0.5, 0.6) is 5.75 Å². The monoisotopic (exact) mass is 649 g/mol. The molecule has 0 saturated carbocycles. The number of hydrogen-bond acceptors (Lipinski definition) is 4. The summed E-state index contributed by atoms with van der Waals surface area (Å²) in [6.45, 7) is 7.49. The quantitative estimate of drug-likeness (QED) is 0.128. The Morgan fingerprint density at radius 1 is 0.826 bits per heavy atom. The number of rotatable bonds is 14. The summed E-state index contributed by atoms with van der Waals surface area (Å²) in [5.41, 5.74) is 3.22. The molecular formula is C38H43ClF3N3O. The average molecular weight is 650 g/mol. The largest absolute Gasteiger partial charge is 0.494 e. The topological polar surface area (TPSA) is 19.0 Å². The van der Waals surface area contributed by atoms with Crippen LogP contribution in [0.15, 0.2) is 103 Å². The van der Waals surface area contributed by atoms with E-state index in [2.05, 4.69) is 58.1 Å². The Morgan fingerprint density at radius 2 is 1.48 bits per heavy atom. The van der Waals surface area contributed by atoms with Crippen LogP contribution in [0, 0.1) is 0 Å². The first kappa shape index (κ1) is 34.0. The van der Waals surface area contributed by atoms with Crippen LogP contribution in [0.4, 0.5) is 13.2 Å². The second kappa shape index (κ2) is 16.5. The lowest BCUT2D eigenvalue weighted by Gasteiger charge is -2.32. The van der Waals surface area contributed by atoms with Gasteiger partial charge in [-0.15, -0.1) is 0 Å². The maximum absolute atomic E-state index is 13.7. The van der Waals surface area contributed by atoms with E-state index >= 15 is 0 Å². The van der Waals surface area contributed by atoms with Crippen LogP contribution in [0.1, 0.15) is 40.2 Å². The summed E-state index contributed by atoms with van der Waals surface area (Å²) in [5.74, 6) is 0.875. The molecule has 0 aliphatic carbocycles. The molecule has 46 heavy (non-hydrogen) atoms. The Kier molecular flexibility index (Phi) is 12.2. The van der Waals surface area contributed by atoms with Crippen molar-refractivity contribution in [3.8, 4) is 5.75 Å². The molecule has 8 heteroatoms. The van der Waals surface area contributed by atoms with Crippen molar-refractivity contribution in [2.45, 2.75) is 31.5 Å². The van der Waals surface area contributed by atoms with Gasteiger partial charge in [0.25, 0.3) is 0 Å². The Hall–Kier alpha value is -3.36. The van der Waals surface area contributed by atoms with E-state index in [0.717, 1.165) is 62.1 Å². The van der Waals surface area contributed by atoms with Crippen molar-refractivity contribution in [3.05, 3.63) is 136 Å². The summed E-state index contributed by atoms with van der Waals surface area (Å²) in [7, 11) is 2.17. The molecule has 0 radical (unpaired) electrons. The molecule has 0 aromatic heterocycles. The summed E-state index contributed by atoms with van der Waals surface area (Å²) in [6.07, 6.45) is -2.83. The van der Waals surface area contributed by atoms with Gasteiger partial charge in [-0.25, -0.2) is 0 Å². The number of piperazine rings is 1. The van der Waals surface area contributed by atoms with Crippen molar-refractivity contribution in [1.29, 1.82) is 0 Å². The maximum Gasteiger partial charge on any atom is 0.417 e. The van der Waals surface area contributed by atoms with E-state index in [1.54, 1.807) is 6.07 Å². The van der Waals surface area contributed by atoms with Crippen LogP contribution < -0.4 is 4.74 Å². The number of ether oxygens (including phenoxy) is 1. The minimum absolute atomic E-state index is 0.0323. The van der Waals surface area contributed by atoms with Crippen molar-refractivity contribution in [2.75, 3.05) is 59.5 Å². The van der Waals surface area contributed by atoms with E-state index in [1.165, 1.54) is 11.6 Å². The predicted octanol–water partition coefficient (Wildman–Crippen LogP) is 8.25. The highest BCUT2D eigenvalue weighted by atomic mass is 35.5. The fourth-order valence-corrected chi connectivity index (χ4v) is 6.35. The lowest BCUT2D eigenvalue weighted by Crippen LogP contribution is -2.45. The zero-order valence-electron chi connectivity index (χ0n) is 26.4. The fourth-order valence-electron chi connectivity index (χ4n) is 6.06. The molecular weight excluding hydrogens is 607 g/mol. The van der Waals surface area contributed by atoms with Gasteiger partial charge in [0.2, 0.25) is 0 Å². The van der Waals surface area contributed by atoms with E-state index in [-0.39, 0.29) is 10.9 Å². The molecule has 4 aromatic rings. The molecule has 0 bridgehead atoms. The number of benzene rings is 4. The molecule has 1 aliphatic rings. The van der Waals surface area contributed by atoms with Gasteiger partial charge in [0, 0.05) is 58.3 Å². The van der Waals surface area contributed by atoms with E-state index in [0.29, 0.717) is 38.2 Å². The zero-order chi connectivity index (χ0) is 32.4. The Balaban J connectivity index is 1.26. The number of hydrogen-bond donors (Lipinski definition) is 0. The summed E-state index contributed by atoms with van der Waals surface area (Å²) >= 11 is 6.37. The van der Waals surface area contributed by atoms with Crippen LogP contribution in [-0.4, -0.2) is 74.2 Å². The van der Waals surface area contributed by atoms with Gasteiger partial charge < -0.3 is 14.5 Å². The molecule has 0 N–H and O–H groups in total. The van der Waals surface area contributed by atoms with E-state index in [1.807, 2.05) is 48.5 Å². The van der Waals surface area contributed by atoms with Crippen molar-refractivity contribution in [3.63, 3.8) is 0 Å². The van der Waals surface area contributed by atoms with Crippen LogP contribution in [0.25, 0.3) is 0 Å². The second-order valence-corrected chi connectivity index (χ2v) is 12.5. The van der Waals surface area contributed by atoms with Crippen molar-refractivity contribution in [2.24, 2.45) is 0 Å². The number of nitrogens with zero attached hydrogens (tertiary/aromatic N) is 3. The molecule has 0 unspecified atom stereocenters. The molecule has 1 aliphatic heterocycles. The summed E-state index contributed by atoms with van der Waals surface area (Å²) < 4.78 is 47.3. The first-order valence-electron chi connectivity index (χ1n) is 16.1. The molecule has 0 spiro atoms. The van der Waals surface area contributed by atoms with Gasteiger partial charge in [-0.05, 0) is 60.3 Å². The van der Waals surface area contributed by atoms with Crippen LogP contribution in [0.2, 0.25) is 5.02 Å². The molecule has 1 heterocycles. The first-order chi connectivity index (χ1) is 22.3. The second-order valence-electron chi connectivity index (χ2n) is 12.1. The normalized spacial score (nSPS) is 14.7. The smallest absolute Gasteiger partial charge is 0.417 e. The summed E-state index contributed by atoms with van der Waals surface area (Å²) in [6, 6.07) is 32.9. The number of halogens is 4. The Bertz CT molecular complexity index is 1450. The van der Waals surface area contributed by atoms with E-state index in [4.69, 9.17) is 16.3 Å². The molecule has 5 rings (SSSR count). The zero-order valence-corrected chi connectivity index (χ0v) is 27.2. The van der Waals surface area contributed by atoms with Crippen LogP contribution in [-0.2, 0) is 19.1 Å². The van der Waals surface area contributed by atoms with Gasteiger partial charge in [-0.3, -0.25) is 4.90 Å². The summed E-state index contributed by atoms with van der Waals surface area (Å²) in [5, 5.41) is -0.236. The molecule has 4 nitrogen and oxygen atoms in total. The predicted molar refractivity (Wildman–Crippen MR) is 181 cm³/mol. The lowest BCUT2D eigenvalue weighted by molar-refractivity contribution is -0.137. The van der Waals surface area contributed by atoms with Gasteiger partial charge in [-0.2, -0.15) is 13.2 Å². The minimum Gasteiger partial charge on any atom is -0.494 e. The summed E-state index contributed by atoms with van der Waals surface area (Å²) in [4.78, 5) is 7.07. The van der Waals surface area contributed by atoms with Crippen molar-refractivity contribution < 1.29 is 17.9 Å². The molecule has 244 valence electrons. The van der Waals surface area contributed by atoms with Gasteiger partial charge >= 0.3 is 6.18 Å². The van der Waals surface area contributed by atoms with Crippen LogP contribution in [0.3, 0.4) is 0 Å². The minimum atomic E-state index is -4.51. The third-order valence-electron chi connectivity index (χ3n) is 8.72. The highest BCUT2D eigenvalue weighted by Gasteiger charge is 2.34. The van der Waals surface area contributed by atoms with E-state index < -0.39 is 11.7 Å². The molecule has 1 saturated heterocycles. The van der Waals surface area contributed by atoms with Crippen LogP contribution >= 0.6 is 11.6 Å². The standard InChI is InChI=1S/C38H43ClF3N3O/c1-43-22-24-44(25-23-43)21-19-30-11-8-17-34(27-30)46-26-10-20-45(28-33-16-9-18-36(37(33)39)38(40,41)42)29-35(31-12-4-2-5-13-31)32-14-6-3-7-15-32/h2-9,11-18,27,35H,10,19-26,28-29H2,1H3. The molecule has 0 amide bonds. The SMILES string of the molecule is CN1CCN(CCc2cccc(OCCCN(Cc3cccc(C(F)(F)F)c3Cl)CC(c3ccccc3)c3ccccc3)c2)CC1. The highest BCUT2D eigenvalue weighted by Crippen LogP contribution is 2.37. The third kappa shape index (κ3) is 9.82. The van der Waals surface area contributed by atoms with Crippen molar-refractivity contribution in [1.82, 2.24) is 14.7 Å². The Morgan fingerprint density at radius 3 is 2.13 bits per heavy atom.